The first kappa shape index (κ1) is 51.9. The molecule has 0 saturated carbocycles. The van der Waals surface area contributed by atoms with Crippen molar-refractivity contribution < 1.29 is 42.7 Å². The van der Waals surface area contributed by atoms with E-state index in [1.165, 1.54) is 70.6 Å². The number of hydrogen-bond donors (Lipinski definition) is 3. The Labute approximate surface area is 329 Å². The van der Waals surface area contributed by atoms with Crippen LogP contribution in [-0.4, -0.2) is 60.5 Å². The minimum Gasteiger partial charge on any atom is -0.462 e. The number of esters is 2. The molecule has 0 aromatic rings. The molecule has 1 unspecified atom stereocenters. The van der Waals surface area contributed by atoms with Gasteiger partial charge in [-0.25, -0.2) is 4.57 Å². The number of allylic oxidation sites excluding steroid dienone is 8. The molecule has 54 heavy (non-hydrogen) atoms. The quantitative estimate of drug-likeness (QED) is 0.0237. The van der Waals surface area contributed by atoms with Gasteiger partial charge >= 0.3 is 19.8 Å². The fourth-order valence-corrected chi connectivity index (χ4v) is 6.31. The van der Waals surface area contributed by atoms with Crippen LogP contribution in [0.2, 0.25) is 0 Å². The molecule has 0 rings (SSSR count). The van der Waals surface area contributed by atoms with Crippen LogP contribution in [0.15, 0.2) is 48.6 Å². The Kier molecular flexibility index (Phi) is 37.7. The second-order valence-corrected chi connectivity index (χ2v) is 15.5. The smallest absolute Gasteiger partial charge is 0.462 e. The van der Waals surface area contributed by atoms with E-state index in [2.05, 4.69) is 49.5 Å². The highest BCUT2D eigenvalue weighted by molar-refractivity contribution is 7.47. The van der Waals surface area contributed by atoms with Crippen LogP contribution >= 0.6 is 7.82 Å². The average Bonchev–Trinajstić information content (AvgIpc) is 3.16. The number of rotatable bonds is 39. The van der Waals surface area contributed by atoms with E-state index >= 15 is 0 Å². The van der Waals surface area contributed by atoms with Crippen molar-refractivity contribution in [2.24, 2.45) is 5.73 Å². The number of phosphoric ester groups is 1. The summed E-state index contributed by atoms with van der Waals surface area (Å²) in [4.78, 5) is 34.8. The monoisotopic (exact) mass is 784 g/mol. The minimum atomic E-state index is -4.39. The van der Waals surface area contributed by atoms with E-state index in [0.29, 0.717) is 12.8 Å². The van der Waals surface area contributed by atoms with Crippen molar-refractivity contribution in [2.75, 3.05) is 26.4 Å². The van der Waals surface area contributed by atoms with Crippen molar-refractivity contribution in [2.45, 2.75) is 187 Å². The molecule has 0 aliphatic heterocycles. The van der Waals surface area contributed by atoms with Crippen LogP contribution in [-0.2, 0) is 32.7 Å². The average molecular weight is 784 g/mol. The zero-order valence-electron chi connectivity index (χ0n) is 34.1. The Morgan fingerprint density at radius 2 is 1.11 bits per heavy atom. The predicted octanol–water partition coefficient (Wildman–Crippen LogP) is 10.9. The molecule has 11 heteroatoms. The van der Waals surface area contributed by atoms with Crippen molar-refractivity contribution in [3.8, 4) is 0 Å². The molecule has 0 spiro atoms. The molecule has 314 valence electrons. The van der Waals surface area contributed by atoms with Gasteiger partial charge in [0.25, 0.3) is 0 Å². The predicted molar refractivity (Wildman–Crippen MR) is 221 cm³/mol. The third kappa shape index (κ3) is 38.2. The molecule has 0 saturated heterocycles. The highest BCUT2D eigenvalue weighted by atomic mass is 31.2. The summed E-state index contributed by atoms with van der Waals surface area (Å²) in [6, 6.07) is 0. The molecule has 0 aliphatic carbocycles. The SMILES string of the molecule is CCCCCCCCCCCCCCCCCC(=O)O[C@H](COC(=O)CCC/C=C\C/C=C\C/C=C\C/C=C\CC[C@@H](O)CC)COP(=O)(O)OCCN. The minimum absolute atomic E-state index is 0.0404. The number of hydrogen-bond acceptors (Lipinski definition) is 9. The number of carbonyl (C=O) groups excluding carboxylic acids is 2. The number of unbranched alkanes of at least 4 members (excludes halogenated alkanes) is 15. The van der Waals surface area contributed by atoms with Gasteiger partial charge in [0, 0.05) is 19.4 Å². The third-order valence-corrected chi connectivity index (χ3v) is 9.87. The first-order valence-electron chi connectivity index (χ1n) is 21.2. The van der Waals surface area contributed by atoms with E-state index in [1.807, 2.05) is 13.0 Å². The highest BCUT2D eigenvalue weighted by Crippen LogP contribution is 2.43. The van der Waals surface area contributed by atoms with Crippen LogP contribution in [0.25, 0.3) is 0 Å². The standard InChI is InChI=1S/C43H78NO9P/c1-3-5-6-7-8-9-10-11-12-17-20-23-26-29-32-35-43(47)53-41(39-52-54(48,49)51-37-36-44)38-50-42(46)34-31-28-25-22-19-16-14-13-15-18-21-24-27-30-33-40(45)4-2/h14-16,18,22,24-25,27,40-41,45H,3-13,17,19-21,23,26,28-39,44H2,1-2H3,(H,48,49)/b16-14-,18-15-,25-22-,27-24-/t40-,41+/m0/s1. The fraction of sp³-hybridized carbons (Fsp3) is 0.767. The zero-order chi connectivity index (χ0) is 39.8. The molecule has 0 aliphatic rings. The van der Waals surface area contributed by atoms with E-state index in [9.17, 15) is 24.2 Å². The topological polar surface area (TPSA) is 155 Å². The maximum atomic E-state index is 12.6. The molecule has 0 radical (unpaired) electrons. The van der Waals surface area contributed by atoms with Crippen molar-refractivity contribution in [3.05, 3.63) is 48.6 Å². The van der Waals surface area contributed by atoms with Crippen LogP contribution < -0.4 is 5.73 Å². The van der Waals surface area contributed by atoms with Crippen LogP contribution in [0.5, 0.6) is 0 Å². The fourth-order valence-electron chi connectivity index (χ4n) is 5.55. The van der Waals surface area contributed by atoms with Crippen molar-refractivity contribution in [1.29, 1.82) is 0 Å². The Balaban J connectivity index is 4.26. The largest absolute Gasteiger partial charge is 0.472 e. The number of phosphoric acid groups is 1. The summed E-state index contributed by atoms with van der Waals surface area (Å²) >= 11 is 0. The molecule has 0 aromatic heterocycles. The maximum absolute atomic E-state index is 12.6. The lowest BCUT2D eigenvalue weighted by atomic mass is 10.0. The first-order chi connectivity index (χ1) is 26.2. The summed E-state index contributed by atoms with van der Waals surface area (Å²) in [5, 5.41) is 9.55. The van der Waals surface area contributed by atoms with Gasteiger partial charge in [0.1, 0.15) is 6.61 Å². The molecule has 0 fully saturated rings. The number of aliphatic hydroxyl groups excluding tert-OH is 1. The third-order valence-electron chi connectivity index (χ3n) is 8.88. The van der Waals surface area contributed by atoms with Gasteiger partial charge in [-0.05, 0) is 57.8 Å². The Morgan fingerprint density at radius 1 is 0.630 bits per heavy atom. The lowest BCUT2D eigenvalue weighted by Crippen LogP contribution is -2.29. The molecule has 0 heterocycles. The van der Waals surface area contributed by atoms with Gasteiger partial charge in [0.15, 0.2) is 6.10 Å². The molecular formula is C43H78NO9P. The van der Waals surface area contributed by atoms with Gasteiger partial charge in [-0.2, -0.15) is 0 Å². The second kappa shape index (κ2) is 39.2. The van der Waals surface area contributed by atoms with Gasteiger partial charge < -0.3 is 25.2 Å². The van der Waals surface area contributed by atoms with E-state index in [0.717, 1.165) is 64.2 Å². The van der Waals surface area contributed by atoms with Crippen LogP contribution in [0.1, 0.15) is 174 Å². The first-order valence-corrected chi connectivity index (χ1v) is 22.7. The Bertz CT molecular complexity index is 1050. The lowest BCUT2D eigenvalue weighted by Gasteiger charge is -2.19. The number of ether oxygens (including phenoxy) is 2. The normalized spacial score (nSPS) is 14.4. The highest BCUT2D eigenvalue weighted by Gasteiger charge is 2.26. The van der Waals surface area contributed by atoms with Gasteiger partial charge in [0.2, 0.25) is 0 Å². The van der Waals surface area contributed by atoms with Crippen molar-refractivity contribution in [1.82, 2.24) is 0 Å². The molecule has 0 aromatic carbocycles. The maximum Gasteiger partial charge on any atom is 0.472 e. The van der Waals surface area contributed by atoms with E-state index in [-0.39, 0.29) is 38.7 Å². The van der Waals surface area contributed by atoms with E-state index in [1.54, 1.807) is 0 Å². The van der Waals surface area contributed by atoms with Gasteiger partial charge in [-0.15, -0.1) is 0 Å². The van der Waals surface area contributed by atoms with Gasteiger partial charge in [0.05, 0.1) is 19.3 Å². The summed E-state index contributed by atoms with van der Waals surface area (Å²) in [5.41, 5.74) is 5.34. The second-order valence-electron chi connectivity index (χ2n) is 14.0. The van der Waals surface area contributed by atoms with E-state index in [4.69, 9.17) is 24.3 Å². The van der Waals surface area contributed by atoms with Crippen molar-refractivity contribution >= 4 is 19.8 Å². The number of aliphatic hydroxyl groups is 1. The lowest BCUT2D eigenvalue weighted by molar-refractivity contribution is -0.161. The summed E-state index contributed by atoms with van der Waals surface area (Å²) < 4.78 is 32.7. The summed E-state index contributed by atoms with van der Waals surface area (Å²) in [6.07, 6.45) is 40.9. The molecule has 0 bridgehead atoms. The Hall–Kier alpha value is -2.07. The summed E-state index contributed by atoms with van der Waals surface area (Å²) in [7, 11) is -4.39. The Morgan fingerprint density at radius 3 is 1.63 bits per heavy atom. The molecule has 10 nitrogen and oxygen atoms in total. The molecule has 0 amide bonds. The summed E-state index contributed by atoms with van der Waals surface area (Å²) in [6.45, 7) is 3.38. The van der Waals surface area contributed by atoms with Gasteiger partial charge in [-0.1, -0.05) is 152 Å². The number of carbonyl (C=O) groups is 2. The molecular weight excluding hydrogens is 705 g/mol. The number of nitrogens with two attached hydrogens (primary N) is 1. The van der Waals surface area contributed by atoms with Crippen LogP contribution in [0, 0.1) is 0 Å². The molecule has 3 atom stereocenters. The van der Waals surface area contributed by atoms with Gasteiger partial charge in [-0.3, -0.25) is 18.6 Å². The zero-order valence-corrected chi connectivity index (χ0v) is 35.0. The molecule has 4 N–H and O–H groups in total. The van der Waals surface area contributed by atoms with Crippen molar-refractivity contribution in [3.63, 3.8) is 0 Å². The van der Waals surface area contributed by atoms with E-state index < -0.39 is 32.5 Å². The van der Waals surface area contributed by atoms with Crippen LogP contribution in [0.3, 0.4) is 0 Å². The van der Waals surface area contributed by atoms with Crippen LogP contribution in [0.4, 0.5) is 0 Å². The summed E-state index contributed by atoms with van der Waals surface area (Å²) in [5.74, 6) is -0.911.